The van der Waals surface area contributed by atoms with Crippen LogP contribution in [0.4, 0.5) is 0 Å². The molecule has 1 aromatic heterocycles. The smallest absolute Gasteiger partial charge is 0.350 e. The Hall–Kier alpha value is -1.39. The third-order valence-electron chi connectivity index (χ3n) is 3.47. The molecule has 5 heteroatoms. The quantitative estimate of drug-likeness (QED) is 0.780. The van der Waals surface area contributed by atoms with Gasteiger partial charge in [-0.05, 0) is 25.3 Å². The Bertz CT molecular complexity index is 677. The first-order valence-electron chi connectivity index (χ1n) is 6.57. The fourth-order valence-corrected chi connectivity index (χ4v) is 3.79. The minimum atomic E-state index is -0.600. The average Bonchev–Trinajstić information content (AvgIpc) is 2.79. The molecule has 1 aliphatic rings. The lowest BCUT2D eigenvalue weighted by molar-refractivity contribution is -0.129. The Balaban J connectivity index is 1.85. The van der Waals surface area contributed by atoms with E-state index in [1.54, 1.807) is 0 Å². The van der Waals surface area contributed by atoms with Crippen LogP contribution >= 0.6 is 22.9 Å². The molecule has 3 rings (SSSR count). The zero-order valence-corrected chi connectivity index (χ0v) is 12.3. The van der Waals surface area contributed by atoms with Gasteiger partial charge in [0.05, 0.1) is 5.02 Å². The highest BCUT2D eigenvalue weighted by molar-refractivity contribution is 7.21. The second-order valence-electron chi connectivity index (χ2n) is 4.85. The summed E-state index contributed by atoms with van der Waals surface area (Å²) in [5.41, 5.74) is 0. The molecule has 0 bridgehead atoms. The van der Waals surface area contributed by atoms with Crippen molar-refractivity contribution in [3.05, 3.63) is 34.2 Å². The van der Waals surface area contributed by atoms with E-state index in [9.17, 15) is 9.59 Å². The number of carbonyl (C=O) groups excluding carboxylic acids is 2. The number of ketones is 1. The summed E-state index contributed by atoms with van der Waals surface area (Å²) in [5, 5.41) is 1.26. The lowest BCUT2D eigenvalue weighted by Gasteiger charge is -2.20. The van der Waals surface area contributed by atoms with Crippen molar-refractivity contribution in [2.75, 3.05) is 0 Å². The second-order valence-corrected chi connectivity index (χ2v) is 6.28. The molecule has 0 spiro atoms. The van der Waals surface area contributed by atoms with Crippen LogP contribution in [0, 0.1) is 0 Å². The van der Waals surface area contributed by atoms with Gasteiger partial charge in [-0.3, -0.25) is 4.79 Å². The second kappa shape index (κ2) is 5.54. The van der Waals surface area contributed by atoms with E-state index in [2.05, 4.69) is 0 Å². The fraction of sp³-hybridized carbons (Fsp3) is 0.333. The Morgan fingerprint density at radius 2 is 2.10 bits per heavy atom. The van der Waals surface area contributed by atoms with Gasteiger partial charge >= 0.3 is 5.97 Å². The number of hydrogen-bond acceptors (Lipinski definition) is 4. The van der Waals surface area contributed by atoms with E-state index in [0.717, 1.165) is 22.9 Å². The molecule has 1 atom stereocenters. The molecule has 0 unspecified atom stereocenters. The molecule has 0 radical (unpaired) electrons. The molecule has 1 saturated carbocycles. The average molecular weight is 309 g/mol. The molecule has 0 amide bonds. The van der Waals surface area contributed by atoms with Crippen molar-refractivity contribution < 1.29 is 14.3 Å². The molecule has 0 N–H and O–H groups in total. The van der Waals surface area contributed by atoms with Gasteiger partial charge in [0.1, 0.15) is 4.88 Å². The number of carbonyl (C=O) groups is 2. The molecule has 104 valence electrons. The van der Waals surface area contributed by atoms with Gasteiger partial charge in [0.2, 0.25) is 0 Å². The minimum absolute atomic E-state index is 0.0156. The maximum atomic E-state index is 12.2. The molecule has 1 heterocycles. The maximum Gasteiger partial charge on any atom is 0.350 e. The molecule has 1 aromatic carbocycles. The number of halogens is 1. The zero-order valence-electron chi connectivity index (χ0n) is 10.7. The number of fused-ring (bicyclic) bond motifs is 1. The van der Waals surface area contributed by atoms with E-state index in [-0.39, 0.29) is 5.78 Å². The van der Waals surface area contributed by atoms with Crippen LogP contribution in [0.25, 0.3) is 10.1 Å². The number of benzene rings is 1. The van der Waals surface area contributed by atoms with E-state index >= 15 is 0 Å². The number of esters is 1. The maximum absolute atomic E-state index is 12.2. The summed E-state index contributed by atoms with van der Waals surface area (Å²) in [6.07, 6.45) is 2.32. The Kier molecular flexibility index (Phi) is 3.76. The van der Waals surface area contributed by atoms with Gasteiger partial charge in [0.25, 0.3) is 0 Å². The molecular weight excluding hydrogens is 296 g/mol. The number of Topliss-reactive ketones (excluding diaryl/α,β-unsaturated/α-hetero) is 1. The van der Waals surface area contributed by atoms with Crippen LogP contribution in [0.2, 0.25) is 5.02 Å². The lowest BCUT2D eigenvalue weighted by Crippen LogP contribution is -2.29. The van der Waals surface area contributed by atoms with Gasteiger partial charge in [-0.15, -0.1) is 11.3 Å². The highest BCUT2D eigenvalue weighted by Gasteiger charge is 2.28. The standard InChI is InChI=1S/C15H13ClO3S/c16-13-9-5-1-4-8-12(9)20-14(13)15(18)19-11-7-3-2-6-10(11)17/h1,4-5,8,11H,2-3,6-7H2/t11-/m1/s1. The van der Waals surface area contributed by atoms with Crippen LogP contribution in [0.1, 0.15) is 35.4 Å². The van der Waals surface area contributed by atoms with E-state index in [1.807, 2.05) is 24.3 Å². The summed E-state index contributed by atoms with van der Waals surface area (Å²) >= 11 is 7.53. The lowest BCUT2D eigenvalue weighted by atomic mass is 9.96. The summed E-state index contributed by atoms with van der Waals surface area (Å²) in [6, 6.07) is 7.56. The van der Waals surface area contributed by atoms with Crippen LogP contribution in [-0.4, -0.2) is 17.9 Å². The third kappa shape index (κ3) is 2.45. The van der Waals surface area contributed by atoms with Crippen LogP contribution in [0.5, 0.6) is 0 Å². The molecule has 3 nitrogen and oxygen atoms in total. The van der Waals surface area contributed by atoms with Crippen LogP contribution in [-0.2, 0) is 9.53 Å². The van der Waals surface area contributed by atoms with E-state index < -0.39 is 12.1 Å². The largest absolute Gasteiger partial charge is 0.450 e. The van der Waals surface area contributed by atoms with Crippen molar-refractivity contribution in [3.8, 4) is 0 Å². The van der Waals surface area contributed by atoms with Crippen LogP contribution < -0.4 is 0 Å². The van der Waals surface area contributed by atoms with Crippen molar-refractivity contribution in [2.45, 2.75) is 31.8 Å². The molecule has 20 heavy (non-hydrogen) atoms. The number of ether oxygens (including phenoxy) is 1. The molecule has 0 saturated heterocycles. The van der Waals surface area contributed by atoms with Crippen molar-refractivity contribution in [2.24, 2.45) is 0 Å². The molecular formula is C15H13ClO3S. The first-order valence-corrected chi connectivity index (χ1v) is 7.77. The summed E-state index contributed by atoms with van der Waals surface area (Å²) in [4.78, 5) is 24.3. The topological polar surface area (TPSA) is 43.4 Å². The van der Waals surface area contributed by atoms with Gasteiger partial charge in [0.15, 0.2) is 11.9 Å². The van der Waals surface area contributed by atoms with Gasteiger partial charge in [0, 0.05) is 16.5 Å². The van der Waals surface area contributed by atoms with Crippen molar-refractivity contribution >= 4 is 44.8 Å². The van der Waals surface area contributed by atoms with Crippen LogP contribution in [0.3, 0.4) is 0 Å². The van der Waals surface area contributed by atoms with Gasteiger partial charge in [-0.1, -0.05) is 29.8 Å². The highest BCUT2D eigenvalue weighted by Crippen LogP contribution is 2.36. The molecule has 2 aromatic rings. The van der Waals surface area contributed by atoms with Gasteiger partial charge in [-0.2, -0.15) is 0 Å². The van der Waals surface area contributed by atoms with Gasteiger partial charge in [-0.25, -0.2) is 4.79 Å². The predicted molar refractivity (Wildman–Crippen MR) is 79.5 cm³/mol. The van der Waals surface area contributed by atoms with Crippen molar-refractivity contribution in [3.63, 3.8) is 0 Å². The van der Waals surface area contributed by atoms with E-state index in [0.29, 0.717) is 22.7 Å². The molecule has 1 aliphatic carbocycles. The predicted octanol–water partition coefficient (Wildman–Crippen LogP) is 4.22. The minimum Gasteiger partial charge on any atom is -0.450 e. The SMILES string of the molecule is O=C(O[C@@H]1CCCCC1=O)c1sc2ccccc2c1Cl. The van der Waals surface area contributed by atoms with E-state index in [1.165, 1.54) is 11.3 Å². The Morgan fingerprint density at radius 3 is 2.85 bits per heavy atom. The summed E-state index contributed by atoms with van der Waals surface area (Å²) in [6.45, 7) is 0. The number of thiophene rings is 1. The van der Waals surface area contributed by atoms with Gasteiger partial charge < -0.3 is 4.74 Å². The monoisotopic (exact) mass is 308 g/mol. The molecule has 0 aliphatic heterocycles. The number of hydrogen-bond donors (Lipinski definition) is 0. The summed E-state index contributed by atoms with van der Waals surface area (Å²) < 4.78 is 6.28. The first-order chi connectivity index (χ1) is 9.66. The third-order valence-corrected chi connectivity index (χ3v) is 5.12. The van der Waals surface area contributed by atoms with Crippen LogP contribution in [0.15, 0.2) is 24.3 Å². The highest BCUT2D eigenvalue weighted by atomic mass is 35.5. The normalized spacial score (nSPS) is 19.2. The number of rotatable bonds is 2. The van der Waals surface area contributed by atoms with Crippen molar-refractivity contribution in [1.82, 2.24) is 0 Å². The Labute approximate surface area is 125 Å². The summed E-state index contributed by atoms with van der Waals surface area (Å²) in [5.74, 6) is -0.474. The molecule has 1 fully saturated rings. The summed E-state index contributed by atoms with van der Waals surface area (Å²) in [7, 11) is 0. The van der Waals surface area contributed by atoms with E-state index in [4.69, 9.17) is 16.3 Å². The first kappa shape index (κ1) is 13.6. The van der Waals surface area contributed by atoms with Crippen molar-refractivity contribution in [1.29, 1.82) is 0 Å². The fourth-order valence-electron chi connectivity index (χ4n) is 2.40. The zero-order chi connectivity index (χ0) is 14.1. The Morgan fingerprint density at radius 1 is 1.30 bits per heavy atom.